The third-order valence-corrected chi connectivity index (χ3v) is 3.91. The molecule has 1 aromatic rings. The Morgan fingerprint density at radius 1 is 1.37 bits per heavy atom. The number of allylic oxidation sites excluding steroid dienone is 1. The minimum atomic E-state index is 0.942. The van der Waals surface area contributed by atoms with Crippen LogP contribution in [0.4, 0.5) is 5.69 Å². The summed E-state index contributed by atoms with van der Waals surface area (Å²) in [6.45, 7) is 10.2. The number of methoxy groups -OCH3 is 1. The first kappa shape index (κ1) is 13.9. The largest absolute Gasteiger partial charge is 0.497 e. The van der Waals surface area contributed by atoms with Gasteiger partial charge in [-0.2, -0.15) is 0 Å². The second-order valence-corrected chi connectivity index (χ2v) is 5.25. The molecule has 1 aromatic carbocycles. The molecule has 0 saturated carbocycles. The normalized spacial score (nSPS) is 17.6. The van der Waals surface area contributed by atoms with Gasteiger partial charge in [-0.25, -0.2) is 0 Å². The smallest absolute Gasteiger partial charge is 0.120 e. The highest BCUT2D eigenvalue weighted by atomic mass is 16.5. The number of nitrogens with one attached hydrogen (secondary N) is 1. The first-order valence-electron chi connectivity index (χ1n) is 7.07. The van der Waals surface area contributed by atoms with Crippen molar-refractivity contribution >= 4 is 5.69 Å². The fourth-order valence-electron chi connectivity index (χ4n) is 2.56. The van der Waals surface area contributed by atoms with E-state index in [0.29, 0.717) is 0 Å². The molecule has 0 radical (unpaired) electrons. The number of piperazine rings is 1. The van der Waals surface area contributed by atoms with Gasteiger partial charge in [0.2, 0.25) is 0 Å². The summed E-state index contributed by atoms with van der Waals surface area (Å²) in [5.74, 6) is 0.942. The van der Waals surface area contributed by atoms with Gasteiger partial charge in [-0.1, -0.05) is 12.1 Å². The van der Waals surface area contributed by atoms with E-state index in [1.54, 1.807) is 12.0 Å². The summed E-state index contributed by atoms with van der Waals surface area (Å²) in [6.07, 6.45) is 2.22. The Labute approximate surface area is 116 Å². The van der Waals surface area contributed by atoms with Crippen molar-refractivity contribution in [2.24, 2.45) is 0 Å². The first-order chi connectivity index (χ1) is 9.22. The van der Waals surface area contributed by atoms with Gasteiger partial charge in [0.05, 0.1) is 39.8 Å². The Morgan fingerprint density at radius 3 is 2.74 bits per heavy atom. The Hall–Kier alpha value is -1.48. The third kappa shape index (κ3) is 3.74. The molecule has 0 aromatic heterocycles. The van der Waals surface area contributed by atoms with Crippen molar-refractivity contribution < 1.29 is 9.64 Å². The van der Waals surface area contributed by atoms with Crippen LogP contribution in [-0.2, 0) is 0 Å². The highest BCUT2D eigenvalue weighted by Gasteiger charge is 2.20. The molecule has 1 fully saturated rings. The minimum absolute atomic E-state index is 0.942. The fourth-order valence-corrected chi connectivity index (χ4v) is 2.56. The van der Waals surface area contributed by atoms with Crippen molar-refractivity contribution in [2.45, 2.75) is 13.8 Å². The van der Waals surface area contributed by atoms with Crippen LogP contribution >= 0.6 is 0 Å². The van der Waals surface area contributed by atoms with Crippen LogP contribution in [-0.4, -0.2) is 39.8 Å². The van der Waals surface area contributed by atoms with Gasteiger partial charge in [0, 0.05) is 11.8 Å². The molecule has 2 rings (SSSR count). The Bertz CT molecular complexity index is 434. The third-order valence-electron chi connectivity index (χ3n) is 3.91. The molecule has 1 saturated heterocycles. The van der Waals surface area contributed by atoms with Gasteiger partial charge in [0.15, 0.2) is 0 Å². The molecule has 0 unspecified atom stereocenters. The number of hydrogen-bond donors (Lipinski definition) is 1. The van der Waals surface area contributed by atoms with Gasteiger partial charge < -0.3 is 14.5 Å². The zero-order valence-corrected chi connectivity index (χ0v) is 12.3. The minimum Gasteiger partial charge on any atom is -0.497 e. The van der Waals surface area contributed by atoms with Crippen LogP contribution in [0.2, 0.25) is 0 Å². The van der Waals surface area contributed by atoms with E-state index >= 15 is 0 Å². The lowest BCUT2D eigenvalue weighted by molar-refractivity contribution is -0.895. The number of anilines is 1. The molecular formula is C16H25N2O+. The van der Waals surface area contributed by atoms with Crippen molar-refractivity contribution in [2.75, 3.05) is 44.7 Å². The van der Waals surface area contributed by atoms with Crippen LogP contribution in [0, 0.1) is 0 Å². The molecule has 1 aliphatic rings. The lowest BCUT2D eigenvalue weighted by atomic mass is 10.2. The van der Waals surface area contributed by atoms with E-state index in [1.165, 1.54) is 30.9 Å². The molecular weight excluding hydrogens is 236 g/mol. The topological polar surface area (TPSA) is 16.9 Å². The molecule has 0 aliphatic carbocycles. The van der Waals surface area contributed by atoms with Crippen molar-refractivity contribution in [3.8, 4) is 5.75 Å². The van der Waals surface area contributed by atoms with Crippen LogP contribution < -0.4 is 14.5 Å². The zero-order valence-electron chi connectivity index (χ0n) is 12.3. The first-order valence-corrected chi connectivity index (χ1v) is 7.07. The number of benzene rings is 1. The summed E-state index contributed by atoms with van der Waals surface area (Å²) < 4.78 is 5.29. The second kappa shape index (κ2) is 6.62. The van der Waals surface area contributed by atoms with E-state index in [1.807, 2.05) is 6.07 Å². The second-order valence-electron chi connectivity index (χ2n) is 5.25. The molecule has 1 aliphatic heterocycles. The molecule has 3 nitrogen and oxygen atoms in total. The monoisotopic (exact) mass is 261 g/mol. The van der Waals surface area contributed by atoms with Gasteiger partial charge >= 0.3 is 0 Å². The summed E-state index contributed by atoms with van der Waals surface area (Å²) in [5.41, 5.74) is 2.77. The predicted octanol–water partition coefficient (Wildman–Crippen LogP) is 1.37. The number of quaternary nitrogens is 1. The molecule has 19 heavy (non-hydrogen) atoms. The maximum atomic E-state index is 5.29. The average molecular weight is 261 g/mol. The molecule has 0 amide bonds. The maximum Gasteiger partial charge on any atom is 0.120 e. The quantitative estimate of drug-likeness (QED) is 0.824. The molecule has 0 bridgehead atoms. The van der Waals surface area contributed by atoms with Gasteiger partial charge in [-0.05, 0) is 31.6 Å². The van der Waals surface area contributed by atoms with Crippen LogP contribution in [0.15, 0.2) is 35.9 Å². The Balaban J connectivity index is 1.92. The standard InChI is InChI=1S/C16H24N2O/c1-4-14(2)13-17-8-10-18(11-9-17)15-6-5-7-16(12-15)19-3/h4-7,12H,8-11,13H2,1-3H3/p+1/b14-4+. The average Bonchev–Trinajstić information content (AvgIpc) is 2.48. The van der Waals surface area contributed by atoms with Crippen LogP contribution in [0.25, 0.3) is 0 Å². The molecule has 1 heterocycles. The Morgan fingerprint density at radius 2 is 2.11 bits per heavy atom. The summed E-state index contributed by atoms with van der Waals surface area (Å²) in [6, 6.07) is 8.37. The fraction of sp³-hybridized carbons (Fsp3) is 0.500. The van der Waals surface area contributed by atoms with E-state index in [4.69, 9.17) is 4.74 Å². The molecule has 0 atom stereocenters. The van der Waals surface area contributed by atoms with E-state index in [-0.39, 0.29) is 0 Å². The van der Waals surface area contributed by atoms with Crippen molar-refractivity contribution in [1.82, 2.24) is 0 Å². The Kier molecular flexibility index (Phi) is 4.86. The molecule has 104 valence electrons. The lowest BCUT2D eigenvalue weighted by Gasteiger charge is -2.34. The molecule has 3 heteroatoms. The zero-order chi connectivity index (χ0) is 13.7. The van der Waals surface area contributed by atoms with E-state index in [0.717, 1.165) is 18.8 Å². The van der Waals surface area contributed by atoms with Gasteiger partial charge in [-0.15, -0.1) is 0 Å². The van der Waals surface area contributed by atoms with Gasteiger partial charge in [-0.3, -0.25) is 0 Å². The van der Waals surface area contributed by atoms with E-state index in [2.05, 4.69) is 43.0 Å². The molecule has 1 N–H and O–H groups in total. The molecule has 0 spiro atoms. The van der Waals surface area contributed by atoms with Crippen molar-refractivity contribution in [1.29, 1.82) is 0 Å². The number of ether oxygens (including phenoxy) is 1. The summed E-state index contributed by atoms with van der Waals surface area (Å²) in [7, 11) is 1.72. The maximum absolute atomic E-state index is 5.29. The van der Waals surface area contributed by atoms with Crippen LogP contribution in [0.5, 0.6) is 5.75 Å². The number of hydrogen-bond acceptors (Lipinski definition) is 2. The van der Waals surface area contributed by atoms with Crippen LogP contribution in [0.1, 0.15) is 13.8 Å². The SMILES string of the molecule is C/C=C(\C)C[NH+]1CCN(c2cccc(OC)c2)CC1. The van der Waals surface area contributed by atoms with Crippen molar-refractivity contribution in [3.05, 3.63) is 35.9 Å². The van der Waals surface area contributed by atoms with Gasteiger partial charge in [0.25, 0.3) is 0 Å². The summed E-state index contributed by atoms with van der Waals surface area (Å²) in [5, 5.41) is 0. The van der Waals surface area contributed by atoms with Gasteiger partial charge in [0.1, 0.15) is 5.75 Å². The highest BCUT2D eigenvalue weighted by molar-refractivity contribution is 5.50. The lowest BCUT2D eigenvalue weighted by Crippen LogP contribution is -3.15. The summed E-state index contributed by atoms with van der Waals surface area (Å²) in [4.78, 5) is 4.14. The van der Waals surface area contributed by atoms with Crippen molar-refractivity contribution in [3.63, 3.8) is 0 Å². The highest BCUT2D eigenvalue weighted by Crippen LogP contribution is 2.20. The van der Waals surface area contributed by atoms with Crippen LogP contribution in [0.3, 0.4) is 0 Å². The predicted molar refractivity (Wildman–Crippen MR) is 80.2 cm³/mol. The van der Waals surface area contributed by atoms with E-state index in [9.17, 15) is 0 Å². The number of rotatable bonds is 4. The number of nitrogens with zero attached hydrogens (tertiary/aromatic N) is 1. The summed E-state index contributed by atoms with van der Waals surface area (Å²) >= 11 is 0. The van der Waals surface area contributed by atoms with E-state index < -0.39 is 0 Å².